The van der Waals surface area contributed by atoms with E-state index in [4.69, 9.17) is 0 Å². The number of amides is 1. The van der Waals surface area contributed by atoms with Gasteiger partial charge < -0.3 is 0 Å². The van der Waals surface area contributed by atoms with E-state index in [1.165, 1.54) is 0 Å². The van der Waals surface area contributed by atoms with E-state index in [-0.39, 0.29) is 6.42 Å². The van der Waals surface area contributed by atoms with Gasteiger partial charge in [0.2, 0.25) is 16.8 Å². The van der Waals surface area contributed by atoms with Gasteiger partial charge >= 0.3 is 0 Å². The highest BCUT2D eigenvalue weighted by Crippen LogP contribution is 1.83. The van der Waals surface area contributed by atoms with Gasteiger partial charge in [-0.25, -0.2) is 8.42 Å². The first-order valence-corrected chi connectivity index (χ1v) is 3.78. The molecule has 0 aliphatic heterocycles. The van der Waals surface area contributed by atoms with Crippen molar-refractivity contribution >= 4 is 16.8 Å². The number of carbonyl (C=O) groups is 1. The molecule has 4 nitrogen and oxygen atoms in total. The van der Waals surface area contributed by atoms with Gasteiger partial charge in [0.05, 0.1) is 0 Å². The molecule has 0 heterocycles. The van der Waals surface area contributed by atoms with E-state index >= 15 is 0 Å². The summed E-state index contributed by atoms with van der Waals surface area (Å²) in [5, 5.41) is 0. The van der Waals surface area contributed by atoms with Crippen LogP contribution in [0.3, 0.4) is 0 Å². The van der Waals surface area contributed by atoms with E-state index in [9.17, 15) is 13.2 Å². The molecule has 5 heteroatoms. The number of rotatable bonds is 3. The van der Waals surface area contributed by atoms with Gasteiger partial charge in [-0.3, -0.25) is 9.52 Å². The molecule has 0 saturated carbocycles. The van der Waals surface area contributed by atoms with Crippen molar-refractivity contribution in [3.8, 4) is 0 Å². The summed E-state index contributed by atoms with van der Waals surface area (Å²) in [6, 6.07) is 0. The van der Waals surface area contributed by atoms with Crippen LogP contribution in [0.15, 0.2) is 0 Å². The lowest BCUT2D eigenvalue weighted by Crippen LogP contribution is -2.20. The average molecular weight is 151 g/mol. The van der Waals surface area contributed by atoms with Crippen LogP contribution in [0, 0.1) is 0 Å². The minimum absolute atomic E-state index is 0.267. The Bertz CT molecular complexity index is 155. The third-order valence-corrected chi connectivity index (χ3v) is 1.13. The summed E-state index contributed by atoms with van der Waals surface area (Å²) in [6.45, 7) is 1.80. The monoisotopic (exact) mass is 151 g/mol. The Morgan fingerprint density at radius 2 is 2.11 bits per heavy atom. The summed E-state index contributed by atoms with van der Waals surface area (Å²) in [6.07, 6.45) is 0.929. The van der Waals surface area contributed by atoms with Crippen LogP contribution in [0.1, 0.15) is 19.8 Å². The molecule has 0 bridgehead atoms. The standard InChI is InChI=1S/C4H9NO3S/c1-2-3-4(6)5-9(7)8/h9H,2-3H2,1H3,(H,5,6,7,8). The molecule has 0 aromatic rings. The normalized spacial score (nSPS) is 9.56. The molecular formula is C4H9NO3S. The van der Waals surface area contributed by atoms with Crippen LogP contribution in [0.2, 0.25) is 0 Å². The first kappa shape index (κ1) is 8.42. The molecule has 0 radical (unpaired) electrons. The lowest BCUT2D eigenvalue weighted by atomic mass is 10.3. The number of carbonyl (C=O) groups excluding carboxylic acids is 1. The number of hydrogen-bond donors (Lipinski definition) is 2. The van der Waals surface area contributed by atoms with E-state index in [1.54, 1.807) is 11.6 Å². The molecule has 0 unspecified atom stereocenters. The van der Waals surface area contributed by atoms with Gasteiger partial charge in [0, 0.05) is 6.42 Å². The lowest BCUT2D eigenvalue weighted by molar-refractivity contribution is -0.119. The maximum atomic E-state index is 10.4. The zero-order valence-corrected chi connectivity index (χ0v) is 5.98. The predicted octanol–water partition coefficient (Wildman–Crippen LogP) is -0.571. The highest BCUT2D eigenvalue weighted by Gasteiger charge is 1.96. The van der Waals surface area contributed by atoms with Crippen molar-refractivity contribution < 1.29 is 13.2 Å². The van der Waals surface area contributed by atoms with Gasteiger partial charge in [-0.1, -0.05) is 6.92 Å². The molecule has 9 heavy (non-hydrogen) atoms. The molecule has 0 spiro atoms. The largest absolute Gasteiger partial charge is 0.274 e. The molecule has 0 rings (SSSR count). The third-order valence-electron chi connectivity index (χ3n) is 0.693. The van der Waals surface area contributed by atoms with Crippen molar-refractivity contribution in [2.24, 2.45) is 0 Å². The quantitative estimate of drug-likeness (QED) is 0.531. The van der Waals surface area contributed by atoms with Gasteiger partial charge in [0.25, 0.3) is 0 Å². The Morgan fingerprint density at radius 1 is 1.56 bits per heavy atom. The molecule has 0 aliphatic rings. The summed E-state index contributed by atoms with van der Waals surface area (Å²) < 4.78 is 21.3. The van der Waals surface area contributed by atoms with E-state index in [1.807, 2.05) is 0 Å². The minimum atomic E-state index is -2.75. The van der Waals surface area contributed by atoms with Crippen LogP contribution < -0.4 is 4.72 Å². The molecule has 0 fully saturated rings. The Labute approximate surface area is 55.3 Å². The second-order valence-electron chi connectivity index (χ2n) is 1.54. The Balaban J connectivity index is 3.51. The van der Waals surface area contributed by atoms with Crippen LogP contribution in [0.4, 0.5) is 0 Å². The van der Waals surface area contributed by atoms with Crippen molar-refractivity contribution in [2.45, 2.75) is 19.8 Å². The Hall–Kier alpha value is -0.580. The smallest absolute Gasteiger partial charge is 0.233 e. The van der Waals surface area contributed by atoms with E-state index < -0.39 is 16.8 Å². The summed E-state index contributed by atoms with van der Waals surface area (Å²) in [5.74, 6) is -0.436. The number of hydrogen-bond acceptors (Lipinski definition) is 3. The molecule has 54 valence electrons. The van der Waals surface area contributed by atoms with E-state index in [2.05, 4.69) is 0 Å². The average Bonchev–Trinajstić information content (AvgIpc) is 1.63. The van der Waals surface area contributed by atoms with E-state index in [0.29, 0.717) is 6.42 Å². The third kappa shape index (κ3) is 5.29. The summed E-state index contributed by atoms with van der Waals surface area (Å²) in [4.78, 5) is 10.4. The van der Waals surface area contributed by atoms with Crippen molar-refractivity contribution in [3.63, 3.8) is 0 Å². The number of nitrogens with one attached hydrogen (secondary N) is 1. The van der Waals surface area contributed by atoms with Crippen LogP contribution >= 0.6 is 0 Å². The maximum Gasteiger partial charge on any atom is 0.233 e. The maximum absolute atomic E-state index is 10.4. The zero-order valence-electron chi connectivity index (χ0n) is 5.09. The first-order valence-electron chi connectivity index (χ1n) is 2.60. The topological polar surface area (TPSA) is 63.2 Å². The number of thiol groups is 1. The van der Waals surface area contributed by atoms with Gasteiger partial charge in [0.15, 0.2) is 0 Å². The van der Waals surface area contributed by atoms with Crippen molar-refractivity contribution in [2.75, 3.05) is 0 Å². The minimum Gasteiger partial charge on any atom is -0.274 e. The van der Waals surface area contributed by atoms with Gasteiger partial charge in [-0.2, -0.15) is 0 Å². The van der Waals surface area contributed by atoms with Gasteiger partial charge in [-0.05, 0) is 6.42 Å². The first-order chi connectivity index (χ1) is 4.16. The summed E-state index contributed by atoms with van der Waals surface area (Å²) >= 11 is 0. The molecule has 0 atom stereocenters. The van der Waals surface area contributed by atoms with Crippen LogP contribution in [0.25, 0.3) is 0 Å². The molecule has 0 aromatic heterocycles. The fourth-order valence-corrected chi connectivity index (χ4v) is 0.700. The highest BCUT2D eigenvalue weighted by atomic mass is 32.2. The van der Waals surface area contributed by atoms with E-state index in [0.717, 1.165) is 0 Å². The Kier molecular flexibility index (Phi) is 4.04. The fraction of sp³-hybridized carbons (Fsp3) is 0.750. The Morgan fingerprint density at radius 3 is 2.44 bits per heavy atom. The second kappa shape index (κ2) is 4.31. The molecule has 0 saturated heterocycles. The van der Waals surface area contributed by atoms with Crippen molar-refractivity contribution in [1.29, 1.82) is 0 Å². The van der Waals surface area contributed by atoms with Crippen molar-refractivity contribution in [3.05, 3.63) is 0 Å². The van der Waals surface area contributed by atoms with Crippen molar-refractivity contribution in [1.82, 2.24) is 4.72 Å². The SMILES string of the molecule is CCCC(=O)N[SH](=O)=O. The van der Waals surface area contributed by atoms with Gasteiger partial charge in [0.1, 0.15) is 0 Å². The molecule has 1 amide bonds. The highest BCUT2D eigenvalue weighted by molar-refractivity contribution is 7.70. The molecule has 0 aromatic carbocycles. The molecule has 0 aliphatic carbocycles. The molecule has 1 N–H and O–H groups in total. The summed E-state index contributed by atoms with van der Waals surface area (Å²) in [5.41, 5.74) is 0. The lowest BCUT2D eigenvalue weighted by Gasteiger charge is -1.91. The fourth-order valence-electron chi connectivity index (χ4n) is 0.385. The summed E-state index contributed by atoms with van der Waals surface area (Å²) in [7, 11) is -2.75. The van der Waals surface area contributed by atoms with Crippen LogP contribution in [-0.4, -0.2) is 14.3 Å². The van der Waals surface area contributed by atoms with Crippen LogP contribution in [0.5, 0.6) is 0 Å². The zero-order chi connectivity index (χ0) is 7.28. The predicted molar refractivity (Wildman–Crippen MR) is 33.4 cm³/mol. The van der Waals surface area contributed by atoms with Gasteiger partial charge in [-0.15, -0.1) is 0 Å². The van der Waals surface area contributed by atoms with Crippen LogP contribution in [-0.2, 0) is 15.7 Å². The second-order valence-corrected chi connectivity index (χ2v) is 2.28. The molecular weight excluding hydrogens is 142 g/mol.